The van der Waals surface area contributed by atoms with Crippen molar-refractivity contribution < 1.29 is 5.11 Å². The molecule has 0 aliphatic rings. The van der Waals surface area contributed by atoms with Crippen LogP contribution in [-0.2, 0) is 0 Å². The van der Waals surface area contributed by atoms with E-state index in [1.807, 2.05) is 42.5 Å². The Bertz CT molecular complexity index is 687. The molecule has 2 aromatic rings. The Kier molecular flexibility index (Phi) is 4.20. The first-order valence-corrected chi connectivity index (χ1v) is 6.32. The van der Waals surface area contributed by atoms with Gasteiger partial charge in [-0.3, -0.25) is 0 Å². The van der Waals surface area contributed by atoms with Crippen molar-refractivity contribution in [2.24, 2.45) is 0 Å². The van der Waals surface area contributed by atoms with Crippen LogP contribution in [0.25, 0.3) is 11.1 Å². The van der Waals surface area contributed by atoms with Crippen molar-refractivity contribution >= 4 is 0 Å². The van der Waals surface area contributed by atoms with Crippen LogP contribution in [0.2, 0.25) is 0 Å². The molecule has 0 saturated heterocycles. The van der Waals surface area contributed by atoms with E-state index in [1.54, 1.807) is 20.0 Å². The average molecular weight is 261 g/mol. The fourth-order valence-corrected chi connectivity index (χ4v) is 1.55. The summed E-state index contributed by atoms with van der Waals surface area (Å²) >= 11 is 0. The molecule has 0 amide bonds. The number of hydrogen-bond acceptors (Lipinski definition) is 2. The SMILES string of the molecule is CC(C)(O)C#CC#Cc1ccc(-c2ccccc2)cn1. The van der Waals surface area contributed by atoms with Crippen LogP contribution < -0.4 is 0 Å². The molecule has 0 aliphatic heterocycles. The van der Waals surface area contributed by atoms with E-state index in [0.29, 0.717) is 5.69 Å². The Morgan fingerprint density at radius 1 is 0.950 bits per heavy atom. The van der Waals surface area contributed by atoms with Crippen molar-refractivity contribution in [3.8, 4) is 34.8 Å². The second kappa shape index (κ2) is 6.06. The molecular formula is C18H15NO. The summed E-state index contributed by atoms with van der Waals surface area (Å²) in [6, 6.07) is 13.9. The van der Waals surface area contributed by atoms with Crippen LogP contribution in [-0.4, -0.2) is 15.7 Å². The van der Waals surface area contributed by atoms with Crippen LogP contribution in [0.4, 0.5) is 0 Å². The minimum absolute atomic E-state index is 0.662. The number of benzene rings is 1. The minimum atomic E-state index is -1.01. The number of aromatic nitrogens is 1. The van der Waals surface area contributed by atoms with Gasteiger partial charge in [-0.25, -0.2) is 4.98 Å². The molecule has 2 rings (SSSR count). The summed E-state index contributed by atoms with van der Waals surface area (Å²) in [6.07, 6.45) is 1.79. The molecular weight excluding hydrogens is 246 g/mol. The molecule has 0 saturated carbocycles. The molecule has 0 spiro atoms. The predicted octanol–water partition coefficient (Wildman–Crippen LogP) is 2.87. The van der Waals surface area contributed by atoms with E-state index in [4.69, 9.17) is 0 Å². The minimum Gasteiger partial charge on any atom is -0.378 e. The van der Waals surface area contributed by atoms with Crippen LogP contribution >= 0.6 is 0 Å². The summed E-state index contributed by atoms with van der Waals surface area (Å²) < 4.78 is 0. The van der Waals surface area contributed by atoms with E-state index in [9.17, 15) is 5.11 Å². The van der Waals surface area contributed by atoms with Gasteiger partial charge in [0.1, 0.15) is 11.3 Å². The first-order valence-electron chi connectivity index (χ1n) is 6.32. The Balaban J connectivity index is 2.13. The molecule has 20 heavy (non-hydrogen) atoms. The normalized spacial score (nSPS) is 9.95. The summed E-state index contributed by atoms with van der Waals surface area (Å²) in [4.78, 5) is 4.29. The third kappa shape index (κ3) is 4.28. The van der Waals surface area contributed by atoms with Gasteiger partial charge < -0.3 is 5.11 Å². The third-order valence-electron chi connectivity index (χ3n) is 2.49. The summed E-state index contributed by atoms with van der Waals surface area (Å²) in [5, 5.41) is 9.42. The molecule has 2 nitrogen and oxygen atoms in total. The van der Waals surface area contributed by atoms with Gasteiger partial charge in [0.15, 0.2) is 0 Å². The highest BCUT2D eigenvalue weighted by atomic mass is 16.3. The fraction of sp³-hybridized carbons (Fsp3) is 0.167. The smallest absolute Gasteiger partial charge is 0.120 e. The molecule has 0 radical (unpaired) electrons. The van der Waals surface area contributed by atoms with Gasteiger partial charge in [-0.05, 0) is 43.2 Å². The van der Waals surface area contributed by atoms with Gasteiger partial charge in [0.25, 0.3) is 0 Å². The average Bonchev–Trinajstić information content (AvgIpc) is 2.44. The fourth-order valence-electron chi connectivity index (χ4n) is 1.55. The van der Waals surface area contributed by atoms with E-state index < -0.39 is 5.60 Å². The highest BCUT2D eigenvalue weighted by Crippen LogP contribution is 2.17. The zero-order valence-corrected chi connectivity index (χ0v) is 11.5. The first kappa shape index (κ1) is 13.9. The number of aliphatic hydroxyl groups is 1. The highest BCUT2D eigenvalue weighted by molar-refractivity contribution is 5.62. The molecule has 1 aromatic carbocycles. The van der Waals surface area contributed by atoms with Crippen molar-refractivity contribution in [3.05, 3.63) is 54.4 Å². The van der Waals surface area contributed by atoms with Gasteiger partial charge in [-0.15, -0.1) is 0 Å². The van der Waals surface area contributed by atoms with Crippen molar-refractivity contribution in [1.82, 2.24) is 4.98 Å². The Morgan fingerprint density at radius 2 is 1.70 bits per heavy atom. The maximum absolute atomic E-state index is 9.42. The molecule has 0 unspecified atom stereocenters. The quantitative estimate of drug-likeness (QED) is 0.801. The van der Waals surface area contributed by atoms with Gasteiger partial charge in [-0.2, -0.15) is 0 Å². The van der Waals surface area contributed by atoms with Gasteiger partial charge in [0, 0.05) is 11.8 Å². The molecule has 0 bridgehead atoms. The molecule has 0 aliphatic carbocycles. The van der Waals surface area contributed by atoms with Crippen LogP contribution in [0.15, 0.2) is 48.7 Å². The summed E-state index contributed by atoms with van der Waals surface area (Å²) in [5.74, 6) is 10.8. The molecule has 2 heteroatoms. The number of hydrogen-bond donors (Lipinski definition) is 1. The van der Waals surface area contributed by atoms with Gasteiger partial charge >= 0.3 is 0 Å². The molecule has 98 valence electrons. The Labute approximate surface area is 119 Å². The molecule has 0 atom stereocenters. The van der Waals surface area contributed by atoms with Crippen LogP contribution in [0.1, 0.15) is 19.5 Å². The molecule has 1 N–H and O–H groups in total. The number of pyridine rings is 1. The lowest BCUT2D eigenvalue weighted by Gasteiger charge is -2.04. The topological polar surface area (TPSA) is 33.1 Å². The van der Waals surface area contributed by atoms with E-state index in [-0.39, 0.29) is 0 Å². The standard InChI is InChI=1S/C18H15NO/c1-18(2,20)13-7-6-10-17-12-11-16(14-19-17)15-8-4-3-5-9-15/h3-5,8-9,11-12,14,20H,1-2H3. The van der Waals surface area contributed by atoms with Gasteiger partial charge in [0.05, 0.1) is 0 Å². The van der Waals surface area contributed by atoms with Gasteiger partial charge in [-0.1, -0.05) is 42.3 Å². The van der Waals surface area contributed by atoms with Crippen LogP contribution in [0.3, 0.4) is 0 Å². The molecule has 0 fully saturated rings. The lowest BCUT2D eigenvalue weighted by Crippen LogP contribution is -2.14. The Morgan fingerprint density at radius 3 is 2.30 bits per heavy atom. The largest absolute Gasteiger partial charge is 0.378 e. The number of rotatable bonds is 1. The van der Waals surface area contributed by atoms with Crippen molar-refractivity contribution in [2.75, 3.05) is 0 Å². The zero-order valence-electron chi connectivity index (χ0n) is 11.5. The van der Waals surface area contributed by atoms with Crippen molar-refractivity contribution in [1.29, 1.82) is 0 Å². The monoisotopic (exact) mass is 261 g/mol. The van der Waals surface area contributed by atoms with Crippen LogP contribution in [0.5, 0.6) is 0 Å². The summed E-state index contributed by atoms with van der Waals surface area (Å²) in [7, 11) is 0. The van der Waals surface area contributed by atoms with E-state index in [2.05, 4.69) is 28.7 Å². The van der Waals surface area contributed by atoms with Crippen molar-refractivity contribution in [2.45, 2.75) is 19.4 Å². The van der Waals surface area contributed by atoms with Crippen molar-refractivity contribution in [3.63, 3.8) is 0 Å². The Hall–Kier alpha value is -2.55. The van der Waals surface area contributed by atoms with E-state index >= 15 is 0 Å². The lowest BCUT2D eigenvalue weighted by atomic mass is 10.1. The summed E-state index contributed by atoms with van der Waals surface area (Å²) in [5.41, 5.74) is 1.83. The summed E-state index contributed by atoms with van der Waals surface area (Å²) in [6.45, 7) is 3.24. The predicted molar refractivity (Wildman–Crippen MR) is 80.6 cm³/mol. The zero-order chi connectivity index (χ0) is 14.4. The molecule has 1 heterocycles. The molecule has 1 aromatic heterocycles. The second-order valence-electron chi connectivity index (χ2n) is 4.86. The first-order chi connectivity index (χ1) is 9.54. The van der Waals surface area contributed by atoms with Gasteiger partial charge in [0.2, 0.25) is 0 Å². The van der Waals surface area contributed by atoms with Crippen LogP contribution in [0, 0.1) is 23.7 Å². The van der Waals surface area contributed by atoms with E-state index in [1.165, 1.54) is 0 Å². The maximum Gasteiger partial charge on any atom is 0.120 e. The number of nitrogens with zero attached hydrogens (tertiary/aromatic N) is 1. The third-order valence-corrected chi connectivity index (χ3v) is 2.49. The van der Waals surface area contributed by atoms with E-state index in [0.717, 1.165) is 11.1 Å². The maximum atomic E-state index is 9.42. The highest BCUT2D eigenvalue weighted by Gasteiger charge is 2.04. The second-order valence-corrected chi connectivity index (χ2v) is 4.86. The lowest BCUT2D eigenvalue weighted by molar-refractivity contribution is 0.143.